The number of hydrogen-bond acceptors (Lipinski definition) is 6. The monoisotopic (exact) mass is 297 g/mol. The van der Waals surface area contributed by atoms with Crippen molar-refractivity contribution in [1.82, 2.24) is 14.9 Å². The second kappa shape index (κ2) is 6.02. The van der Waals surface area contributed by atoms with Crippen molar-refractivity contribution in [2.75, 3.05) is 12.9 Å². The molecule has 1 N–H and O–H groups in total. The van der Waals surface area contributed by atoms with Crippen molar-refractivity contribution in [3.05, 3.63) is 30.2 Å². The van der Waals surface area contributed by atoms with Gasteiger partial charge in [-0.05, 0) is 31.2 Å². The third-order valence-corrected chi connectivity index (χ3v) is 3.05. The van der Waals surface area contributed by atoms with Gasteiger partial charge in [0.1, 0.15) is 5.75 Å². The van der Waals surface area contributed by atoms with Gasteiger partial charge in [0.05, 0.1) is 19.4 Å². The number of benzene rings is 1. The molecule has 1 heterocycles. The van der Waals surface area contributed by atoms with Crippen LogP contribution in [0.15, 0.2) is 28.8 Å². The molecule has 0 bridgehead atoms. The van der Waals surface area contributed by atoms with Gasteiger partial charge in [0, 0.05) is 5.56 Å². The lowest BCUT2D eigenvalue weighted by Crippen LogP contribution is -2.21. The Morgan fingerprint density at radius 3 is 2.60 bits per heavy atom. The van der Waals surface area contributed by atoms with Crippen molar-refractivity contribution >= 4 is 10.0 Å². The van der Waals surface area contributed by atoms with Gasteiger partial charge in [-0.15, -0.1) is 0 Å². The molecule has 20 heavy (non-hydrogen) atoms. The predicted octanol–water partition coefficient (Wildman–Crippen LogP) is 1.18. The predicted molar refractivity (Wildman–Crippen MR) is 72.6 cm³/mol. The van der Waals surface area contributed by atoms with Crippen LogP contribution in [0.25, 0.3) is 11.4 Å². The highest BCUT2D eigenvalue weighted by molar-refractivity contribution is 7.88. The first kappa shape index (κ1) is 14.5. The molecule has 7 nitrogen and oxygen atoms in total. The second-order valence-electron chi connectivity index (χ2n) is 4.06. The summed E-state index contributed by atoms with van der Waals surface area (Å²) in [5, 5.41) is 3.80. The molecule has 0 unspecified atom stereocenters. The van der Waals surface area contributed by atoms with E-state index in [0.29, 0.717) is 12.4 Å². The Morgan fingerprint density at radius 1 is 1.30 bits per heavy atom. The molecule has 0 saturated carbocycles. The van der Waals surface area contributed by atoms with Gasteiger partial charge in [0.2, 0.25) is 21.7 Å². The first-order valence-corrected chi connectivity index (χ1v) is 7.87. The lowest BCUT2D eigenvalue weighted by atomic mass is 10.2. The number of nitrogens with one attached hydrogen (secondary N) is 1. The van der Waals surface area contributed by atoms with E-state index in [4.69, 9.17) is 9.26 Å². The summed E-state index contributed by atoms with van der Waals surface area (Å²) in [7, 11) is -3.28. The van der Waals surface area contributed by atoms with Crippen LogP contribution >= 0.6 is 0 Å². The normalized spacial score (nSPS) is 11.5. The van der Waals surface area contributed by atoms with Crippen molar-refractivity contribution in [3.63, 3.8) is 0 Å². The minimum atomic E-state index is -3.28. The van der Waals surface area contributed by atoms with Crippen LogP contribution in [-0.4, -0.2) is 31.4 Å². The summed E-state index contributed by atoms with van der Waals surface area (Å²) in [5.41, 5.74) is 0.766. The Balaban J connectivity index is 2.08. The minimum Gasteiger partial charge on any atom is -0.494 e. The van der Waals surface area contributed by atoms with Crippen molar-refractivity contribution in [2.45, 2.75) is 13.5 Å². The fourth-order valence-corrected chi connectivity index (χ4v) is 1.89. The molecule has 0 atom stereocenters. The molecule has 0 aliphatic rings. The summed E-state index contributed by atoms with van der Waals surface area (Å²) in [6.07, 6.45) is 1.07. The van der Waals surface area contributed by atoms with E-state index < -0.39 is 10.0 Å². The SMILES string of the molecule is CCOc1ccc(-c2noc(CNS(C)(=O)=O)n2)cc1. The maximum atomic E-state index is 11.0. The molecule has 0 aliphatic heterocycles. The standard InChI is InChI=1S/C12H15N3O4S/c1-3-18-10-6-4-9(5-7-10)12-14-11(19-15-12)8-13-20(2,16)17/h4-7,13H,3,8H2,1-2H3. The van der Waals surface area contributed by atoms with E-state index in [2.05, 4.69) is 14.9 Å². The average Bonchev–Trinajstić information content (AvgIpc) is 2.86. The van der Waals surface area contributed by atoms with Crippen LogP contribution in [0.2, 0.25) is 0 Å². The number of sulfonamides is 1. The van der Waals surface area contributed by atoms with Crippen LogP contribution in [0.3, 0.4) is 0 Å². The highest BCUT2D eigenvalue weighted by Crippen LogP contribution is 2.19. The number of rotatable bonds is 6. The lowest BCUT2D eigenvalue weighted by Gasteiger charge is -2.02. The third kappa shape index (κ3) is 4.04. The zero-order chi connectivity index (χ0) is 14.6. The van der Waals surface area contributed by atoms with Crippen molar-refractivity contribution in [1.29, 1.82) is 0 Å². The van der Waals surface area contributed by atoms with Gasteiger partial charge in [-0.2, -0.15) is 4.98 Å². The van der Waals surface area contributed by atoms with E-state index in [1.807, 2.05) is 31.2 Å². The minimum absolute atomic E-state index is 0.0249. The maximum absolute atomic E-state index is 11.0. The van der Waals surface area contributed by atoms with E-state index >= 15 is 0 Å². The summed E-state index contributed by atoms with van der Waals surface area (Å²) in [6.45, 7) is 2.49. The molecule has 0 aliphatic carbocycles. The Kier molecular flexibility index (Phi) is 4.35. The van der Waals surface area contributed by atoms with E-state index in [1.54, 1.807) is 0 Å². The van der Waals surface area contributed by atoms with Crippen molar-refractivity contribution in [2.24, 2.45) is 0 Å². The molecule has 0 saturated heterocycles. The fourth-order valence-electron chi connectivity index (χ4n) is 1.50. The third-order valence-electron chi connectivity index (χ3n) is 2.38. The topological polar surface area (TPSA) is 94.3 Å². The Hall–Kier alpha value is -1.93. The molecule has 2 rings (SSSR count). The van der Waals surface area contributed by atoms with Crippen LogP contribution in [0, 0.1) is 0 Å². The first-order valence-electron chi connectivity index (χ1n) is 5.98. The molecule has 2 aromatic rings. The largest absolute Gasteiger partial charge is 0.494 e. The number of nitrogens with zero attached hydrogens (tertiary/aromatic N) is 2. The summed E-state index contributed by atoms with van der Waals surface area (Å²) in [4.78, 5) is 4.11. The van der Waals surface area contributed by atoms with E-state index in [0.717, 1.165) is 17.6 Å². The van der Waals surface area contributed by atoms with Gasteiger partial charge in [0.15, 0.2) is 0 Å². The molecular formula is C12H15N3O4S. The van der Waals surface area contributed by atoms with Gasteiger partial charge in [-0.1, -0.05) is 5.16 Å². The summed E-state index contributed by atoms with van der Waals surface area (Å²) in [6, 6.07) is 7.24. The quantitative estimate of drug-likeness (QED) is 0.860. The zero-order valence-corrected chi connectivity index (χ0v) is 12.0. The first-order chi connectivity index (χ1) is 9.48. The van der Waals surface area contributed by atoms with E-state index in [9.17, 15) is 8.42 Å². The lowest BCUT2D eigenvalue weighted by molar-refractivity contribution is 0.340. The van der Waals surface area contributed by atoms with Crippen LogP contribution in [0.4, 0.5) is 0 Å². The van der Waals surface area contributed by atoms with E-state index in [1.165, 1.54) is 0 Å². The summed E-state index contributed by atoms with van der Waals surface area (Å²) < 4.78 is 34.5. The van der Waals surface area contributed by atoms with Crippen LogP contribution in [0.1, 0.15) is 12.8 Å². The van der Waals surface area contributed by atoms with Gasteiger partial charge in [-0.3, -0.25) is 0 Å². The zero-order valence-electron chi connectivity index (χ0n) is 11.2. The van der Waals surface area contributed by atoms with Crippen LogP contribution in [-0.2, 0) is 16.6 Å². The molecule has 108 valence electrons. The molecular weight excluding hydrogens is 282 g/mol. The molecule has 0 amide bonds. The summed E-state index contributed by atoms with van der Waals surface area (Å²) in [5.74, 6) is 1.37. The molecule has 0 spiro atoms. The van der Waals surface area contributed by atoms with Gasteiger partial charge in [-0.25, -0.2) is 13.1 Å². The van der Waals surface area contributed by atoms with Crippen LogP contribution < -0.4 is 9.46 Å². The Labute approximate surface area is 117 Å². The average molecular weight is 297 g/mol. The fraction of sp³-hybridized carbons (Fsp3) is 0.333. The van der Waals surface area contributed by atoms with Crippen molar-refractivity contribution in [3.8, 4) is 17.1 Å². The molecule has 0 fully saturated rings. The van der Waals surface area contributed by atoms with Gasteiger partial charge < -0.3 is 9.26 Å². The summed E-state index contributed by atoms with van der Waals surface area (Å²) >= 11 is 0. The number of ether oxygens (including phenoxy) is 1. The van der Waals surface area contributed by atoms with E-state index in [-0.39, 0.29) is 12.4 Å². The van der Waals surface area contributed by atoms with Crippen molar-refractivity contribution < 1.29 is 17.7 Å². The number of aromatic nitrogens is 2. The van der Waals surface area contributed by atoms with Gasteiger partial charge in [0.25, 0.3) is 0 Å². The van der Waals surface area contributed by atoms with Gasteiger partial charge >= 0.3 is 0 Å². The Morgan fingerprint density at radius 2 is 2.00 bits per heavy atom. The maximum Gasteiger partial charge on any atom is 0.242 e. The molecule has 1 aromatic carbocycles. The highest BCUT2D eigenvalue weighted by atomic mass is 32.2. The molecule has 1 aromatic heterocycles. The molecule has 0 radical (unpaired) electrons. The Bertz CT molecular complexity index is 664. The van der Waals surface area contributed by atoms with Crippen LogP contribution in [0.5, 0.6) is 5.75 Å². The highest BCUT2D eigenvalue weighted by Gasteiger charge is 2.10. The smallest absolute Gasteiger partial charge is 0.242 e. The molecule has 8 heteroatoms. The number of hydrogen-bond donors (Lipinski definition) is 1. The second-order valence-corrected chi connectivity index (χ2v) is 5.90.